The summed E-state index contributed by atoms with van der Waals surface area (Å²) in [6.45, 7) is 9.49. The molecule has 0 aliphatic heterocycles. The molecule has 2 heteroatoms. The lowest BCUT2D eigenvalue weighted by Gasteiger charge is -2.35. The van der Waals surface area contributed by atoms with E-state index in [1.165, 1.54) is 77.9 Å². The van der Waals surface area contributed by atoms with Gasteiger partial charge in [-0.3, -0.25) is 0 Å². The van der Waals surface area contributed by atoms with Gasteiger partial charge in [-0.2, -0.15) is 0 Å². The monoisotopic (exact) mass is 884 g/mol. The molecule has 0 atom stereocenters. The molecule has 0 spiro atoms. The van der Waals surface area contributed by atoms with E-state index in [4.69, 9.17) is 0 Å². The summed E-state index contributed by atoms with van der Waals surface area (Å²) in [7, 11) is 0. The van der Waals surface area contributed by atoms with Crippen LogP contribution in [-0.4, -0.2) is 0 Å². The van der Waals surface area contributed by atoms with Crippen LogP contribution in [0.2, 0.25) is 0 Å². The molecule has 0 saturated carbocycles. The third-order valence-corrected chi connectivity index (χ3v) is 15.7. The highest BCUT2D eigenvalue weighted by Crippen LogP contribution is 2.57. The Bertz CT molecular complexity index is 3480. The quantitative estimate of drug-likeness (QED) is 0.150. The van der Waals surface area contributed by atoms with Gasteiger partial charge in [-0.05, 0) is 145 Å². The van der Waals surface area contributed by atoms with Crippen LogP contribution in [0.5, 0.6) is 0 Å². The molecule has 3 aliphatic carbocycles. The molecule has 3 aliphatic rings. The van der Waals surface area contributed by atoms with Crippen molar-refractivity contribution in [2.45, 2.75) is 43.9 Å². The predicted octanol–water partition coefficient (Wildman–Crippen LogP) is 17.6. The number of fused-ring (bicyclic) bond motifs is 9. The van der Waals surface area contributed by atoms with Crippen molar-refractivity contribution in [3.05, 3.63) is 287 Å². The van der Waals surface area contributed by atoms with Crippen molar-refractivity contribution in [1.29, 1.82) is 0 Å². The average Bonchev–Trinajstić information content (AvgIpc) is 3.92. The van der Waals surface area contributed by atoms with E-state index < -0.39 is 5.41 Å². The Balaban J connectivity index is 1.00. The number of benzene rings is 10. The Labute approximate surface area is 406 Å². The molecule has 330 valence electrons. The van der Waals surface area contributed by atoms with Crippen molar-refractivity contribution in [2.75, 3.05) is 9.80 Å². The Kier molecular flexibility index (Phi) is 9.17. The number of hydrogen-bond acceptors (Lipinski definition) is 2. The van der Waals surface area contributed by atoms with E-state index in [1.54, 1.807) is 0 Å². The molecule has 0 saturated heterocycles. The summed E-state index contributed by atoms with van der Waals surface area (Å²) >= 11 is 0. The van der Waals surface area contributed by atoms with Gasteiger partial charge in [0.25, 0.3) is 0 Å². The summed E-state index contributed by atoms with van der Waals surface area (Å²) in [6, 6.07) is 90.5. The molecule has 0 fully saturated rings. The second-order valence-corrected chi connectivity index (χ2v) is 20.1. The summed E-state index contributed by atoms with van der Waals surface area (Å²) in [5, 5.41) is 0. The maximum Gasteiger partial charge on any atom is 0.0714 e. The van der Waals surface area contributed by atoms with Crippen LogP contribution in [0.3, 0.4) is 0 Å². The molecule has 0 heterocycles. The van der Waals surface area contributed by atoms with Crippen molar-refractivity contribution in [3.63, 3.8) is 0 Å². The average molecular weight is 885 g/mol. The lowest BCUT2D eigenvalue weighted by molar-refractivity contribution is 0.660. The first-order valence-corrected chi connectivity index (χ1v) is 24.3. The van der Waals surface area contributed by atoms with E-state index >= 15 is 0 Å². The van der Waals surface area contributed by atoms with Crippen molar-refractivity contribution >= 4 is 34.1 Å². The number of anilines is 6. The van der Waals surface area contributed by atoms with E-state index in [-0.39, 0.29) is 10.8 Å². The van der Waals surface area contributed by atoms with Gasteiger partial charge in [0.05, 0.1) is 5.41 Å². The van der Waals surface area contributed by atoms with Crippen molar-refractivity contribution in [2.24, 2.45) is 0 Å². The zero-order valence-electron chi connectivity index (χ0n) is 39.5. The molecule has 0 N–H and O–H groups in total. The first kappa shape index (κ1) is 41.0. The minimum Gasteiger partial charge on any atom is -0.310 e. The first-order valence-electron chi connectivity index (χ1n) is 24.3. The lowest BCUT2D eigenvalue weighted by atomic mass is 9.67. The molecule has 0 amide bonds. The number of para-hydroxylation sites is 1. The summed E-state index contributed by atoms with van der Waals surface area (Å²) in [5.74, 6) is 0. The van der Waals surface area contributed by atoms with Gasteiger partial charge in [-0.1, -0.05) is 204 Å². The van der Waals surface area contributed by atoms with Gasteiger partial charge >= 0.3 is 0 Å². The molecule has 0 bridgehead atoms. The van der Waals surface area contributed by atoms with Crippen LogP contribution in [0.25, 0.3) is 33.4 Å². The highest BCUT2D eigenvalue weighted by atomic mass is 15.2. The SMILES string of the molecule is CC1(C)c2ccccc2-c2ccc(N(c3cccc(N(c4ccccc4)c4cccc(C5(c6ccccc6)c6ccccc6-c6ccccc65)c4)c3)c3ccc4c(c3)C(C)(C)c3ccccc3-4)cc21. The van der Waals surface area contributed by atoms with Crippen LogP contribution in [-0.2, 0) is 16.2 Å². The molecule has 0 unspecified atom stereocenters. The van der Waals surface area contributed by atoms with Crippen molar-refractivity contribution in [1.82, 2.24) is 0 Å². The van der Waals surface area contributed by atoms with E-state index in [9.17, 15) is 0 Å². The maximum absolute atomic E-state index is 2.48. The largest absolute Gasteiger partial charge is 0.310 e. The molecular formula is C67H52N2. The fraction of sp³-hybridized carbons (Fsp3) is 0.104. The molecule has 0 aromatic heterocycles. The van der Waals surface area contributed by atoms with Gasteiger partial charge in [0.15, 0.2) is 0 Å². The minimum atomic E-state index is -0.520. The summed E-state index contributed by atoms with van der Waals surface area (Å²) in [6.07, 6.45) is 0. The summed E-state index contributed by atoms with van der Waals surface area (Å²) in [4.78, 5) is 4.92. The van der Waals surface area contributed by atoms with E-state index in [0.717, 1.165) is 34.1 Å². The van der Waals surface area contributed by atoms with Crippen molar-refractivity contribution in [3.8, 4) is 33.4 Å². The number of hydrogen-bond donors (Lipinski definition) is 0. The fourth-order valence-electron chi connectivity index (χ4n) is 12.5. The second-order valence-electron chi connectivity index (χ2n) is 20.1. The third kappa shape index (κ3) is 6.04. The molecule has 10 aromatic rings. The van der Waals surface area contributed by atoms with Gasteiger partial charge in [0.2, 0.25) is 0 Å². The highest BCUT2D eigenvalue weighted by Gasteiger charge is 2.46. The molecule has 10 aromatic carbocycles. The number of rotatable bonds is 8. The normalized spacial score (nSPS) is 14.7. The van der Waals surface area contributed by atoms with Crippen molar-refractivity contribution < 1.29 is 0 Å². The fourth-order valence-corrected chi connectivity index (χ4v) is 12.5. The molecular weight excluding hydrogens is 833 g/mol. The Hall–Kier alpha value is -8.20. The van der Waals surface area contributed by atoms with Crippen LogP contribution in [0.15, 0.2) is 243 Å². The zero-order chi connectivity index (χ0) is 46.5. The zero-order valence-corrected chi connectivity index (χ0v) is 39.5. The van der Waals surface area contributed by atoms with Crippen LogP contribution < -0.4 is 9.80 Å². The van der Waals surface area contributed by atoms with Gasteiger partial charge in [0, 0.05) is 45.0 Å². The van der Waals surface area contributed by atoms with Crippen LogP contribution in [0.1, 0.15) is 72.2 Å². The Morgan fingerprint density at radius 2 is 0.565 bits per heavy atom. The first-order chi connectivity index (χ1) is 33.7. The molecule has 69 heavy (non-hydrogen) atoms. The van der Waals surface area contributed by atoms with Gasteiger partial charge in [-0.15, -0.1) is 0 Å². The topological polar surface area (TPSA) is 6.48 Å². The summed E-state index contributed by atoms with van der Waals surface area (Å²) < 4.78 is 0. The molecule has 13 rings (SSSR count). The third-order valence-electron chi connectivity index (χ3n) is 15.7. The van der Waals surface area contributed by atoms with E-state index in [2.05, 4.69) is 280 Å². The highest BCUT2D eigenvalue weighted by molar-refractivity contribution is 5.91. The van der Waals surface area contributed by atoms with E-state index in [0.29, 0.717) is 0 Å². The second kappa shape index (κ2) is 15.4. The number of nitrogens with zero attached hydrogens (tertiary/aromatic N) is 2. The molecule has 2 nitrogen and oxygen atoms in total. The van der Waals surface area contributed by atoms with Crippen LogP contribution in [0, 0.1) is 0 Å². The predicted molar refractivity (Wildman–Crippen MR) is 288 cm³/mol. The van der Waals surface area contributed by atoms with Gasteiger partial charge in [0.1, 0.15) is 0 Å². The smallest absolute Gasteiger partial charge is 0.0714 e. The lowest BCUT2D eigenvalue weighted by Crippen LogP contribution is -2.28. The Morgan fingerprint density at radius 1 is 0.232 bits per heavy atom. The van der Waals surface area contributed by atoms with Crippen LogP contribution in [0.4, 0.5) is 34.1 Å². The molecule has 0 radical (unpaired) electrons. The minimum absolute atomic E-state index is 0.149. The van der Waals surface area contributed by atoms with Crippen LogP contribution >= 0.6 is 0 Å². The maximum atomic E-state index is 2.48. The van der Waals surface area contributed by atoms with Gasteiger partial charge in [-0.25, -0.2) is 0 Å². The van der Waals surface area contributed by atoms with Gasteiger partial charge < -0.3 is 9.80 Å². The standard InChI is InChI=1S/C67H52N2/c1-65(2)59-33-15-11-29-53(59)57-39-37-51(43-63(57)65)69(52-38-40-58-54-30-12-16-34-60(54)66(3,4)64(58)44-52)50-28-20-27-49(42-50)68(47-24-9-6-10-25-47)48-26-19-23-46(41-48)67(45-21-7-5-8-22-45)61-35-17-13-31-55(61)56-32-14-18-36-62(56)67/h5-44H,1-4H3. The van der Waals surface area contributed by atoms with E-state index in [1.807, 2.05) is 0 Å². The Morgan fingerprint density at radius 3 is 1.07 bits per heavy atom. The summed E-state index contributed by atoms with van der Waals surface area (Å²) in [5.41, 5.74) is 24.2.